The van der Waals surface area contributed by atoms with Gasteiger partial charge in [0, 0.05) is 42.4 Å². The van der Waals surface area contributed by atoms with Gasteiger partial charge in [-0.05, 0) is 35.7 Å². The zero-order chi connectivity index (χ0) is 22.0. The summed E-state index contributed by atoms with van der Waals surface area (Å²) in [5.41, 5.74) is 1.38. The van der Waals surface area contributed by atoms with Crippen molar-refractivity contribution in [3.8, 4) is 11.6 Å². The van der Waals surface area contributed by atoms with Crippen LogP contribution in [0.15, 0.2) is 61.4 Å². The molecule has 1 amide bonds. The maximum atomic E-state index is 12.1. The minimum Gasteiger partial charge on any atom is -0.461 e. The Morgan fingerprint density at radius 1 is 1.23 bits per heavy atom. The highest BCUT2D eigenvalue weighted by atomic mass is 32.2. The van der Waals surface area contributed by atoms with Crippen molar-refractivity contribution in [3.05, 3.63) is 58.6 Å². The van der Waals surface area contributed by atoms with Crippen LogP contribution in [-0.2, 0) is 17.1 Å². The molecule has 0 fully saturated rings. The van der Waals surface area contributed by atoms with Gasteiger partial charge in [0.25, 0.3) is 0 Å². The van der Waals surface area contributed by atoms with E-state index in [0.29, 0.717) is 34.5 Å². The number of nitrogens with one attached hydrogen (secondary N) is 1. The number of hydrogen-bond donors (Lipinski definition) is 1. The average molecular weight is 439 g/mol. The van der Waals surface area contributed by atoms with Crippen molar-refractivity contribution in [3.63, 3.8) is 0 Å². The summed E-state index contributed by atoms with van der Waals surface area (Å²) in [6, 6.07) is 10.5. The Hall–Kier alpha value is -3.33. The van der Waals surface area contributed by atoms with Gasteiger partial charge in [-0.3, -0.25) is 9.36 Å². The molecule has 0 radical (unpaired) electrons. The highest BCUT2D eigenvalue weighted by molar-refractivity contribution is 7.98. The molecule has 0 aliphatic rings. The minimum absolute atomic E-state index is 0.190. The third-order valence-corrected chi connectivity index (χ3v) is 5.53. The first-order valence-corrected chi connectivity index (χ1v) is 10.8. The van der Waals surface area contributed by atoms with Crippen LogP contribution in [0.3, 0.4) is 0 Å². The van der Waals surface area contributed by atoms with Crippen LogP contribution < -0.4 is 10.9 Å². The van der Waals surface area contributed by atoms with E-state index < -0.39 is 5.63 Å². The molecule has 0 aliphatic heterocycles. The molecular formula is C22H22N4O4S. The van der Waals surface area contributed by atoms with Crippen LogP contribution in [0.2, 0.25) is 0 Å². The van der Waals surface area contributed by atoms with Crippen molar-refractivity contribution in [1.82, 2.24) is 14.8 Å². The highest BCUT2D eigenvalue weighted by Gasteiger charge is 2.18. The summed E-state index contributed by atoms with van der Waals surface area (Å²) < 4.78 is 12.9. The standard InChI is InChI=1S/C22H22N4O4S/c1-13(2)11-26-21(18-5-4-8-29-18)24-25-22(26)31-12-15-9-20(28)30-19-10-16(23-14(3)27)6-7-17(15)19/h4-10,13H,11-12H2,1-3H3,(H,23,27). The van der Waals surface area contributed by atoms with Gasteiger partial charge in [0.05, 0.1) is 6.26 Å². The summed E-state index contributed by atoms with van der Waals surface area (Å²) >= 11 is 1.50. The van der Waals surface area contributed by atoms with Gasteiger partial charge in [0.2, 0.25) is 5.91 Å². The van der Waals surface area contributed by atoms with E-state index in [-0.39, 0.29) is 5.91 Å². The second kappa shape index (κ2) is 8.81. The van der Waals surface area contributed by atoms with Crippen LogP contribution >= 0.6 is 11.8 Å². The first-order chi connectivity index (χ1) is 14.9. The van der Waals surface area contributed by atoms with E-state index in [0.717, 1.165) is 22.7 Å². The molecule has 160 valence electrons. The zero-order valence-electron chi connectivity index (χ0n) is 17.4. The third-order valence-electron chi connectivity index (χ3n) is 4.51. The molecule has 0 unspecified atom stereocenters. The monoisotopic (exact) mass is 438 g/mol. The SMILES string of the molecule is CC(=O)Nc1ccc2c(CSc3nnc(-c4ccco4)n3CC(C)C)cc(=O)oc2c1. The Labute approximate surface area is 182 Å². The molecule has 0 spiro atoms. The molecule has 3 aromatic heterocycles. The van der Waals surface area contributed by atoms with E-state index in [4.69, 9.17) is 8.83 Å². The van der Waals surface area contributed by atoms with Gasteiger partial charge in [0.15, 0.2) is 16.7 Å². The maximum Gasteiger partial charge on any atom is 0.336 e. The number of thioether (sulfide) groups is 1. The number of amides is 1. The average Bonchev–Trinajstić information content (AvgIpc) is 3.35. The molecule has 4 rings (SSSR count). The molecule has 0 aliphatic carbocycles. The molecule has 0 atom stereocenters. The number of nitrogens with zero attached hydrogens (tertiary/aromatic N) is 3. The van der Waals surface area contributed by atoms with E-state index in [1.165, 1.54) is 24.8 Å². The van der Waals surface area contributed by atoms with E-state index in [1.54, 1.807) is 18.4 Å². The summed E-state index contributed by atoms with van der Waals surface area (Å²) in [5.74, 6) is 2.05. The lowest BCUT2D eigenvalue weighted by atomic mass is 10.1. The van der Waals surface area contributed by atoms with Crippen LogP contribution in [0.1, 0.15) is 26.3 Å². The lowest BCUT2D eigenvalue weighted by Crippen LogP contribution is -2.08. The molecule has 31 heavy (non-hydrogen) atoms. The molecule has 0 saturated carbocycles. The highest BCUT2D eigenvalue weighted by Crippen LogP contribution is 2.30. The molecular weight excluding hydrogens is 416 g/mol. The Bertz CT molecular complexity index is 1270. The van der Waals surface area contributed by atoms with Gasteiger partial charge in [-0.1, -0.05) is 25.6 Å². The number of hydrogen-bond acceptors (Lipinski definition) is 7. The third kappa shape index (κ3) is 4.72. The van der Waals surface area contributed by atoms with E-state index in [2.05, 4.69) is 29.4 Å². The van der Waals surface area contributed by atoms with Crippen molar-refractivity contribution < 1.29 is 13.6 Å². The number of rotatable bonds is 7. The van der Waals surface area contributed by atoms with Crippen LogP contribution in [0.4, 0.5) is 5.69 Å². The summed E-state index contributed by atoms with van der Waals surface area (Å²) in [7, 11) is 0. The first kappa shape index (κ1) is 20.9. The van der Waals surface area contributed by atoms with Gasteiger partial charge in [-0.15, -0.1) is 10.2 Å². The van der Waals surface area contributed by atoms with Gasteiger partial charge in [-0.25, -0.2) is 4.79 Å². The quantitative estimate of drug-likeness (QED) is 0.333. The Morgan fingerprint density at radius 2 is 2.06 bits per heavy atom. The lowest BCUT2D eigenvalue weighted by Gasteiger charge is -2.12. The van der Waals surface area contributed by atoms with E-state index in [1.807, 2.05) is 22.8 Å². The van der Waals surface area contributed by atoms with Crippen LogP contribution in [0.25, 0.3) is 22.6 Å². The van der Waals surface area contributed by atoms with Crippen LogP contribution in [0, 0.1) is 5.92 Å². The Kier molecular flexibility index (Phi) is 5.94. The number of carbonyl (C=O) groups excluding carboxylic acids is 1. The van der Waals surface area contributed by atoms with Gasteiger partial charge in [0.1, 0.15) is 5.58 Å². The topological polar surface area (TPSA) is 103 Å². The molecule has 9 heteroatoms. The van der Waals surface area contributed by atoms with Gasteiger partial charge < -0.3 is 14.2 Å². The molecule has 0 bridgehead atoms. The Morgan fingerprint density at radius 3 is 2.77 bits per heavy atom. The lowest BCUT2D eigenvalue weighted by molar-refractivity contribution is -0.114. The molecule has 8 nitrogen and oxygen atoms in total. The molecule has 3 heterocycles. The van der Waals surface area contributed by atoms with E-state index in [9.17, 15) is 9.59 Å². The summed E-state index contributed by atoms with van der Waals surface area (Å²) in [5, 5.41) is 12.9. The molecule has 0 saturated heterocycles. The van der Waals surface area contributed by atoms with Crippen molar-refractivity contribution in [2.75, 3.05) is 5.32 Å². The van der Waals surface area contributed by atoms with Crippen molar-refractivity contribution in [1.29, 1.82) is 0 Å². The number of benzene rings is 1. The second-order valence-corrected chi connectivity index (χ2v) is 8.50. The molecule has 1 N–H and O–H groups in total. The fraction of sp³-hybridized carbons (Fsp3) is 0.273. The molecule has 4 aromatic rings. The van der Waals surface area contributed by atoms with Crippen molar-refractivity contribution in [2.45, 2.75) is 38.2 Å². The van der Waals surface area contributed by atoms with Gasteiger partial charge >= 0.3 is 5.63 Å². The normalized spacial score (nSPS) is 11.4. The fourth-order valence-electron chi connectivity index (χ4n) is 3.29. The van der Waals surface area contributed by atoms with Crippen molar-refractivity contribution in [2.24, 2.45) is 5.92 Å². The largest absolute Gasteiger partial charge is 0.461 e. The number of anilines is 1. The first-order valence-electron chi connectivity index (χ1n) is 9.85. The summed E-state index contributed by atoms with van der Waals surface area (Å²) in [6.45, 7) is 6.42. The van der Waals surface area contributed by atoms with Gasteiger partial charge in [-0.2, -0.15) is 0 Å². The molecule has 1 aromatic carbocycles. The smallest absolute Gasteiger partial charge is 0.336 e. The minimum atomic E-state index is -0.442. The van der Waals surface area contributed by atoms with E-state index >= 15 is 0 Å². The van der Waals surface area contributed by atoms with Crippen LogP contribution in [-0.4, -0.2) is 20.7 Å². The van der Waals surface area contributed by atoms with Crippen LogP contribution in [0.5, 0.6) is 0 Å². The van der Waals surface area contributed by atoms with Crippen molar-refractivity contribution >= 4 is 34.3 Å². The number of furan rings is 1. The number of aromatic nitrogens is 3. The Balaban J connectivity index is 1.65. The zero-order valence-corrected chi connectivity index (χ0v) is 18.2. The number of carbonyl (C=O) groups is 1. The summed E-state index contributed by atoms with van der Waals surface area (Å²) in [6.07, 6.45) is 1.61. The second-order valence-electron chi connectivity index (χ2n) is 7.56. The predicted octanol–water partition coefficient (Wildman–Crippen LogP) is 4.55. The fourth-order valence-corrected chi connectivity index (χ4v) is 4.22. The summed E-state index contributed by atoms with van der Waals surface area (Å²) in [4.78, 5) is 23.4. The maximum absolute atomic E-state index is 12.1. The number of fused-ring (bicyclic) bond motifs is 1. The predicted molar refractivity (Wildman–Crippen MR) is 119 cm³/mol.